The highest BCUT2D eigenvalue weighted by Crippen LogP contribution is 2.27. The number of benzene rings is 3. The molecule has 0 amide bonds. The Morgan fingerprint density at radius 2 is 1.34 bits per heavy atom. The van der Waals surface area contributed by atoms with Crippen LogP contribution >= 0.6 is 0 Å². The number of ketones is 1. The minimum Gasteiger partial charge on any atom is -0.497 e. The number of halogens is 1. The summed E-state index contributed by atoms with van der Waals surface area (Å²) in [6, 6.07) is 24.2. The van der Waals surface area contributed by atoms with Crippen molar-refractivity contribution < 1.29 is 38.5 Å². The first-order valence-corrected chi connectivity index (χ1v) is 14.4. The molecule has 0 aromatic heterocycles. The molecule has 0 spiro atoms. The molecular weight excluding hydrogens is 567 g/mol. The Morgan fingerprint density at radius 1 is 0.795 bits per heavy atom. The molecule has 10 heteroatoms. The molecule has 0 aliphatic carbocycles. The summed E-state index contributed by atoms with van der Waals surface area (Å²) in [5.74, 6) is -1.91. The van der Waals surface area contributed by atoms with Gasteiger partial charge in [0.2, 0.25) is 0 Å². The summed E-state index contributed by atoms with van der Waals surface area (Å²) in [5.41, 5.74) is 2.84. The van der Waals surface area contributed by atoms with Gasteiger partial charge in [-0.05, 0) is 60.5 Å². The van der Waals surface area contributed by atoms with Crippen LogP contribution < -0.4 is 4.74 Å². The Balaban J connectivity index is 0.000000583. The van der Waals surface area contributed by atoms with Crippen molar-refractivity contribution in [1.29, 1.82) is 0 Å². The summed E-state index contributed by atoms with van der Waals surface area (Å²) in [6.07, 6.45) is 2.31. The molecule has 1 fully saturated rings. The lowest BCUT2D eigenvalue weighted by molar-refractivity contribution is -0.134. The number of hydrogen-bond acceptors (Lipinski definition) is 7. The normalized spacial score (nSPS) is 14.4. The number of carboxylic acid groups (broad SMARTS) is 2. The highest BCUT2D eigenvalue weighted by atomic mass is 19.1. The Labute approximate surface area is 257 Å². The van der Waals surface area contributed by atoms with Crippen molar-refractivity contribution in [2.75, 3.05) is 53.0 Å². The number of methoxy groups -OCH3 is 1. The molecule has 3 aromatic rings. The van der Waals surface area contributed by atoms with Gasteiger partial charge in [0.15, 0.2) is 5.78 Å². The van der Waals surface area contributed by atoms with E-state index in [1.54, 1.807) is 19.2 Å². The standard InChI is InChI=1S/C30H35FN2O3.C4H4O4/c1-35-28-15-11-26(12-16-28)30(25-6-3-2-4-7-25)36-23-22-33-20-18-32(19-21-33)17-5-8-29(34)24-9-13-27(31)14-10-24;5-3(6)1-2-4(7)8/h2-4,6-7,9-16,30H,5,8,17-23H2,1H3;1-2H,(H,5,6)(H,7,8). The molecule has 1 atom stereocenters. The number of nitrogens with zero attached hydrogens (tertiary/aromatic N) is 2. The van der Waals surface area contributed by atoms with Crippen LogP contribution in [0.3, 0.4) is 0 Å². The SMILES string of the molecule is COc1ccc(C(OCCN2CCN(CCCC(=O)c3ccc(F)cc3)CC2)c2ccccc2)cc1.O=C(O)C=CC(=O)O. The fourth-order valence-electron chi connectivity index (χ4n) is 4.71. The third kappa shape index (κ3) is 12.1. The second kappa shape index (κ2) is 18.3. The van der Waals surface area contributed by atoms with Crippen LogP contribution in [0.2, 0.25) is 0 Å². The number of aliphatic carboxylic acids is 2. The lowest BCUT2D eigenvalue weighted by atomic mass is 10.0. The highest BCUT2D eigenvalue weighted by molar-refractivity contribution is 5.96. The molecule has 1 unspecified atom stereocenters. The predicted molar refractivity (Wildman–Crippen MR) is 164 cm³/mol. The van der Waals surface area contributed by atoms with Gasteiger partial charge in [-0.25, -0.2) is 14.0 Å². The molecule has 4 rings (SSSR count). The van der Waals surface area contributed by atoms with Crippen molar-refractivity contribution in [3.8, 4) is 5.75 Å². The van der Waals surface area contributed by atoms with Crippen molar-refractivity contribution >= 4 is 17.7 Å². The molecule has 3 aromatic carbocycles. The van der Waals surface area contributed by atoms with E-state index in [-0.39, 0.29) is 17.7 Å². The predicted octanol–water partition coefficient (Wildman–Crippen LogP) is 4.93. The van der Waals surface area contributed by atoms with Gasteiger partial charge in [-0.2, -0.15) is 0 Å². The van der Waals surface area contributed by atoms with E-state index < -0.39 is 11.9 Å². The van der Waals surface area contributed by atoms with Crippen LogP contribution in [0.15, 0.2) is 91.0 Å². The van der Waals surface area contributed by atoms with Crippen molar-refractivity contribution in [3.05, 3.63) is 114 Å². The smallest absolute Gasteiger partial charge is 0.328 e. The largest absolute Gasteiger partial charge is 0.497 e. The summed E-state index contributed by atoms with van der Waals surface area (Å²) in [7, 11) is 1.67. The van der Waals surface area contributed by atoms with Gasteiger partial charge in [-0.3, -0.25) is 9.69 Å². The van der Waals surface area contributed by atoms with Crippen LogP contribution in [0.5, 0.6) is 5.75 Å². The maximum Gasteiger partial charge on any atom is 0.328 e. The van der Waals surface area contributed by atoms with Gasteiger partial charge in [0, 0.05) is 56.9 Å². The summed E-state index contributed by atoms with van der Waals surface area (Å²) in [5, 5.41) is 15.6. The summed E-state index contributed by atoms with van der Waals surface area (Å²) in [6.45, 7) is 6.41. The van der Waals surface area contributed by atoms with E-state index in [0.29, 0.717) is 30.7 Å². The third-order valence-corrected chi connectivity index (χ3v) is 7.09. The number of carboxylic acids is 2. The third-order valence-electron chi connectivity index (χ3n) is 7.09. The second-order valence-electron chi connectivity index (χ2n) is 10.2. The van der Waals surface area contributed by atoms with Crippen molar-refractivity contribution in [2.45, 2.75) is 18.9 Å². The molecule has 1 aliphatic heterocycles. The maximum absolute atomic E-state index is 13.0. The number of rotatable bonds is 14. The number of ether oxygens (including phenoxy) is 2. The molecule has 1 aliphatic rings. The minimum atomic E-state index is -1.26. The molecule has 0 bridgehead atoms. The summed E-state index contributed by atoms with van der Waals surface area (Å²) < 4.78 is 24.7. The molecule has 2 N–H and O–H groups in total. The van der Waals surface area contributed by atoms with Gasteiger partial charge in [0.05, 0.1) is 13.7 Å². The fraction of sp³-hybridized carbons (Fsp3) is 0.324. The Morgan fingerprint density at radius 3 is 1.89 bits per heavy atom. The van der Waals surface area contributed by atoms with E-state index in [4.69, 9.17) is 19.7 Å². The van der Waals surface area contributed by atoms with E-state index >= 15 is 0 Å². The zero-order chi connectivity index (χ0) is 31.7. The van der Waals surface area contributed by atoms with Crippen LogP contribution in [0, 0.1) is 5.82 Å². The maximum atomic E-state index is 13.0. The van der Waals surface area contributed by atoms with Crippen LogP contribution in [-0.4, -0.2) is 90.7 Å². The van der Waals surface area contributed by atoms with Gasteiger partial charge in [-0.15, -0.1) is 0 Å². The highest BCUT2D eigenvalue weighted by Gasteiger charge is 2.19. The first-order chi connectivity index (χ1) is 21.2. The van der Waals surface area contributed by atoms with E-state index in [2.05, 4.69) is 34.1 Å². The average Bonchev–Trinajstić information content (AvgIpc) is 3.04. The van der Waals surface area contributed by atoms with Crippen molar-refractivity contribution in [2.24, 2.45) is 0 Å². The van der Waals surface area contributed by atoms with Crippen LogP contribution in [-0.2, 0) is 14.3 Å². The zero-order valence-corrected chi connectivity index (χ0v) is 24.8. The average molecular weight is 607 g/mol. The number of carbonyl (C=O) groups is 3. The Bertz CT molecular complexity index is 1320. The molecule has 0 radical (unpaired) electrons. The van der Waals surface area contributed by atoms with Gasteiger partial charge in [0.25, 0.3) is 0 Å². The van der Waals surface area contributed by atoms with Gasteiger partial charge in [0.1, 0.15) is 17.7 Å². The number of carbonyl (C=O) groups excluding carboxylic acids is 1. The number of Topliss-reactive ketones (excluding diaryl/α,β-unsaturated/α-hetero) is 1. The second-order valence-corrected chi connectivity index (χ2v) is 10.2. The molecular formula is C34H39FN2O7. The van der Waals surface area contributed by atoms with E-state index in [1.807, 2.05) is 30.3 Å². The lowest BCUT2D eigenvalue weighted by Gasteiger charge is -2.34. The quantitative estimate of drug-likeness (QED) is 0.195. The molecule has 0 saturated carbocycles. The van der Waals surface area contributed by atoms with E-state index in [0.717, 1.165) is 62.6 Å². The summed E-state index contributed by atoms with van der Waals surface area (Å²) >= 11 is 0. The number of hydrogen-bond donors (Lipinski definition) is 2. The topological polar surface area (TPSA) is 117 Å². The van der Waals surface area contributed by atoms with Crippen LogP contribution in [0.25, 0.3) is 0 Å². The molecule has 9 nitrogen and oxygen atoms in total. The van der Waals surface area contributed by atoms with Gasteiger partial charge < -0.3 is 24.6 Å². The fourth-order valence-corrected chi connectivity index (χ4v) is 4.71. The Hall–Kier alpha value is -4.38. The monoisotopic (exact) mass is 606 g/mol. The first-order valence-electron chi connectivity index (χ1n) is 14.4. The van der Waals surface area contributed by atoms with E-state index in [1.165, 1.54) is 12.1 Å². The first kappa shape index (κ1) is 34.1. The Kier molecular flexibility index (Phi) is 14.2. The number of piperazine rings is 1. The molecule has 1 heterocycles. The minimum absolute atomic E-state index is 0.0793. The lowest BCUT2D eigenvalue weighted by Crippen LogP contribution is -2.47. The molecule has 234 valence electrons. The van der Waals surface area contributed by atoms with Gasteiger partial charge >= 0.3 is 11.9 Å². The van der Waals surface area contributed by atoms with Crippen molar-refractivity contribution in [3.63, 3.8) is 0 Å². The van der Waals surface area contributed by atoms with Crippen molar-refractivity contribution in [1.82, 2.24) is 9.80 Å². The van der Waals surface area contributed by atoms with E-state index in [9.17, 15) is 18.8 Å². The van der Waals surface area contributed by atoms with Gasteiger partial charge in [-0.1, -0.05) is 42.5 Å². The van der Waals surface area contributed by atoms with Crippen LogP contribution in [0.4, 0.5) is 4.39 Å². The molecule has 44 heavy (non-hydrogen) atoms. The zero-order valence-electron chi connectivity index (χ0n) is 24.8. The summed E-state index contributed by atoms with van der Waals surface area (Å²) in [4.78, 5) is 36.3. The molecule has 1 saturated heterocycles. The van der Waals surface area contributed by atoms with Crippen LogP contribution in [0.1, 0.15) is 40.4 Å².